The largest absolute Gasteiger partial charge is 0.265 e. The lowest BCUT2D eigenvalue weighted by Crippen LogP contribution is -2.11. The third kappa shape index (κ3) is 3.87. The van der Waals surface area contributed by atoms with E-state index in [1.165, 1.54) is 24.3 Å². The minimum Gasteiger partial charge on any atom is -0.257 e. The van der Waals surface area contributed by atoms with Crippen LogP contribution in [0.5, 0.6) is 0 Å². The van der Waals surface area contributed by atoms with Crippen LogP contribution in [0.1, 0.15) is 17.2 Å². The molecule has 5 heteroatoms. The Morgan fingerprint density at radius 3 is 2.00 bits per heavy atom. The molecule has 0 heterocycles. The van der Waals surface area contributed by atoms with Gasteiger partial charge in [0.1, 0.15) is 11.9 Å². The maximum absolute atomic E-state index is 12.9. The molecule has 0 N–H and O–H groups in total. The lowest BCUT2D eigenvalue weighted by molar-refractivity contribution is 0.256. The molecule has 0 fully saturated rings. The fourth-order valence-electron chi connectivity index (χ4n) is 1.74. The summed E-state index contributed by atoms with van der Waals surface area (Å²) in [5.41, 5.74) is 1.28. The third-order valence-corrected chi connectivity index (χ3v) is 3.09. The van der Waals surface area contributed by atoms with E-state index in [4.69, 9.17) is 4.18 Å². The van der Waals surface area contributed by atoms with Crippen molar-refractivity contribution in [3.8, 4) is 0 Å². The van der Waals surface area contributed by atoms with Crippen molar-refractivity contribution in [3.05, 3.63) is 71.5 Å². The van der Waals surface area contributed by atoms with Crippen molar-refractivity contribution < 1.29 is 17.0 Å². The predicted octanol–water partition coefficient (Wildman–Crippen LogP) is 2.89. The van der Waals surface area contributed by atoms with Gasteiger partial charge in [-0.1, -0.05) is 42.5 Å². The van der Waals surface area contributed by atoms with Gasteiger partial charge < -0.3 is 0 Å². The normalized spacial score (nSPS) is 13.2. The molecule has 3 nitrogen and oxygen atoms in total. The number of hydrogen-bond acceptors (Lipinski definition) is 3. The summed E-state index contributed by atoms with van der Waals surface area (Å²) in [6.45, 7) is 0. The van der Waals surface area contributed by atoms with E-state index >= 15 is 0 Å². The highest BCUT2D eigenvalue weighted by atomic mass is 32.2. The summed E-state index contributed by atoms with van der Waals surface area (Å²) in [4.78, 5) is 0. The van der Waals surface area contributed by atoms with Crippen LogP contribution < -0.4 is 0 Å². The Bertz CT molecular complexity index is 636. The molecule has 0 aromatic heterocycles. The van der Waals surface area contributed by atoms with Crippen LogP contribution in [0.4, 0.5) is 4.39 Å². The monoisotopic (exact) mass is 280 g/mol. The van der Waals surface area contributed by atoms with Crippen LogP contribution in [0, 0.1) is 5.82 Å². The van der Waals surface area contributed by atoms with Gasteiger partial charge in [0.15, 0.2) is 0 Å². The Balaban J connectivity index is 2.43. The molecule has 0 spiro atoms. The minimum absolute atomic E-state index is 0.380. The molecular weight excluding hydrogens is 267 g/mol. The van der Waals surface area contributed by atoms with Gasteiger partial charge in [-0.2, -0.15) is 8.42 Å². The molecule has 2 rings (SSSR count). The number of rotatable bonds is 4. The average Bonchev–Trinajstić information content (AvgIpc) is 2.37. The van der Waals surface area contributed by atoms with Gasteiger partial charge in [-0.05, 0) is 23.3 Å². The summed E-state index contributed by atoms with van der Waals surface area (Å²) < 4.78 is 40.7. The Hall–Kier alpha value is -1.72. The van der Waals surface area contributed by atoms with E-state index in [0.717, 1.165) is 6.26 Å². The van der Waals surface area contributed by atoms with E-state index < -0.39 is 16.2 Å². The second-order valence-corrected chi connectivity index (χ2v) is 5.74. The molecule has 0 amide bonds. The third-order valence-electron chi connectivity index (χ3n) is 2.55. The molecule has 0 aliphatic carbocycles. The molecule has 0 bridgehead atoms. The summed E-state index contributed by atoms with van der Waals surface area (Å²) in [7, 11) is -3.62. The Morgan fingerprint density at radius 1 is 0.947 bits per heavy atom. The van der Waals surface area contributed by atoms with Gasteiger partial charge >= 0.3 is 0 Å². The molecule has 0 saturated carbocycles. The van der Waals surface area contributed by atoms with E-state index in [2.05, 4.69) is 0 Å². The van der Waals surface area contributed by atoms with Crippen LogP contribution in [-0.2, 0) is 14.3 Å². The van der Waals surface area contributed by atoms with Crippen LogP contribution in [0.3, 0.4) is 0 Å². The summed E-state index contributed by atoms with van der Waals surface area (Å²) >= 11 is 0. The van der Waals surface area contributed by atoms with Gasteiger partial charge in [0.25, 0.3) is 10.1 Å². The summed E-state index contributed by atoms with van der Waals surface area (Å²) in [6, 6.07) is 14.5. The molecule has 1 atom stereocenters. The van der Waals surface area contributed by atoms with Crippen molar-refractivity contribution in [2.24, 2.45) is 0 Å². The standard InChI is InChI=1S/C14H13FO3S/c1-19(16,17)18-14(11-5-3-2-4-6-11)12-7-9-13(15)10-8-12/h2-10,14H,1H3. The maximum atomic E-state index is 12.9. The van der Waals surface area contributed by atoms with Crippen LogP contribution in [0.25, 0.3) is 0 Å². The van der Waals surface area contributed by atoms with Crippen LogP contribution in [-0.4, -0.2) is 14.7 Å². The first-order valence-electron chi connectivity index (χ1n) is 5.64. The lowest BCUT2D eigenvalue weighted by Gasteiger charge is -2.17. The zero-order valence-corrected chi connectivity index (χ0v) is 11.1. The van der Waals surface area contributed by atoms with Crippen molar-refractivity contribution in [3.63, 3.8) is 0 Å². The highest BCUT2D eigenvalue weighted by Gasteiger charge is 2.19. The van der Waals surface area contributed by atoms with Gasteiger partial charge in [0.05, 0.1) is 6.26 Å². The number of hydrogen-bond donors (Lipinski definition) is 0. The fraction of sp³-hybridized carbons (Fsp3) is 0.143. The molecular formula is C14H13FO3S. The summed E-state index contributed by atoms with van der Waals surface area (Å²) in [5.74, 6) is -0.380. The zero-order chi connectivity index (χ0) is 13.9. The molecule has 2 aromatic carbocycles. The first kappa shape index (κ1) is 13.7. The molecule has 2 aromatic rings. The first-order chi connectivity index (χ1) is 8.96. The van der Waals surface area contributed by atoms with Crippen molar-refractivity contribution in [2.75, 3.05) is 6.26 Å². The van der Waals surface area contributed by atoms with E-state index in [1.54, 1.807) is 24.3 Å². The Labute approximate surface area is 111 Å². The van der Waals surface area contributed by atoms with Crippen molar-refractivity contribution in [2.45, 2.75) is 6.10 Å². The fourth-order valence-corrected chi connectivity index (χ4v) is 2.32. The molecule has 1 unspecified atom stereocenters. The van der Waals surface area contributed by atoms with Crippen LogP contribution in [0.2, 0.25) is 0 Å². The highest BCUT2D eigenvalue weighted by Crippen LogP contribution is 2.27. The van der Waals surface area contributed by atoms with Crippen LogP contribution >= 0.6 is 0 Å². The SMILES string of the molecule is CS(=O)(=O)OC(c1ccccc1)c1ccc(F)cc1. The smallest absolute Gasteiger partial charge is 0.257 e. The van der Waals surface area contributed by atoms with Gasteiger partial charge in [-0.3, -0.25) is 4.18 Å². The van der Waals surface area contributed by atoms with E-state index in [0.29, 0.717) is 11.1 Å². The van der Waals surface area contributed by atoms with Crippen LogP contribution in [0.15, 0.2) is 54.6 Å². The van der Waals surface area contributed by atoms with Gasteiger partial charge in [0.2, 0.25) is 0 Å². The van der Waals surface area contributed by atoms with E-state index in [9.17, 15) is 12.8 Å². The molecule has 19 heavy (non-hydrogen) atoms. The maximum Gasteiger partial charge on any atom is 0.265 e. The van der Waals surface area contributed by atoms with Gasteiger partial charge in [-0.15, -0.1) is 0 Å². The second kappa shape index (κ2) is 5.50. The average molecular weight is 280 g/mol. The van der Waals surface area contributed by atoms with Gasteiger partial charge in [-0.25, -0.2) is 4.39 Å². The summed E-state index contributed by atoms with van der Waals surface area (Å²) in [5, 5.41) is 0. The number of benzene rings is 2. The Kier molecular flexibility index (Phi) is 3.97. The lowest BCUT2D eigenvalue weighted by atomic mass is 10.0. The molecule has 0 radical (unpaired) electrons. The topological polar surface area (TPSA) is 43.4 Å². The molecule has 0 aliphatic rings. The van der Waals surface area contributed by atoms with E-state index in [1.807, 2.05) is 6.07 Å². The van der Waals surface area contributed by atoms with Gasteiger partial charge in [0, 0.05) is 0 Å². The summed E-state index contributed by atoms with van der Waals surface area (Å²) in [6.07, 6.45) is 0.226. The van der Waals surface area contributed by atoms with E-state index in [-0.39, 0.29) is 5.82 Å². The van der Waals surface area contributed by atoms with Crippen molar-refractivity contribution in [1.82, 2.24) is 0 Å². The second-order valence-electron chi connectivity index (χ2n) is 4.14. The van der Waals surface area contributed by atoms with Crippen molar-refractivity contribution in [1.29, 1.82) is 0 Å². The molecule has 0 aliphatic heterocycles. The number of halogens is 1. The van der Waals surface area contributed by atoms with Crippen molar-refractivity contribution >= 4 is 10.1 Å². The first-order valence-corrected chi connectivity index (χ1v) is 7.46. The molecule has 0 saturated heterocycles. The predicted molar refractivity (Wildman–Crippen MR) is 70.6 cm³/mol. The quantitative estimate of drug-likeness (QED) is 0.809. The highest BCUT2D eigenvalue weighted by molar-refractivity contribution is 7.86. The minimum atomic E-state index is -3.62. The molecule has 100 valence electrons. The Morgan fingerprint density at radius 2 is 1.47 bits per heavy atom. The zero-order valence-electron chi connectivity index (χ0n) is 10.3.